The van der Waals surface area contributed by atoms with Crippen LogP contribution in [0.5, 0.6) is 0 Å². The predicted molar refractivity (Wildman–Crippen MR) is 94.2 cm³/mol. The lowest BCUT2D eigenvalue weighted by molar-refractivity contribution is 0.606. The van der Waals surface area contributed by atoms with Gasteiger partial charge in [0.1, 0.15) is 5.82 Å². The van der Waals surface area contributed by atoms with E-state index in [1.165, 1.54) is 0 Å². The second-order valence-electron chi connectivity index (χ2n) is 5.91. The minimum atomic E-state index is 0.595. The van der Waals surface area contributed by atoms with Crippen molar-refractivity contribution in [3.8, 4) is 0 Å². The SMILES string of the molecule is Cc1cc(NCCC(C)C)nc(Nc2ccc(Cl)cc2C)n1. The second-order valence-corrected chi connectivity index (χ2v) is 6.35. The maximum Gasteiger partial charge on any atom is 0.229 e. The van der Waals surface area contributed by atoms with Crippen LogP contribution in [0.25, 0.3) is 0 Å². The predicted octanol–water partition coefficient (Wildman–Crippen LogP) is 4.95. The first kappa shape index (κ1) is 16.6. The molecule has 22 heavy (non-hydrogen) atoms. The quantitative estimate of drug-likeness (QED) is 0.791. The third-order valence-electron chi connectivity index (χ3n) is 3.32. The van der Waals surface area contributed by atoms with Gasteiger partial charge in [-0.1, -0.05) is 25.4 Å². The summed E-state index contributed by atoms with van der Waals surface area (Å²) in [4.78, 5) is 8.96. The van der Waals surface area contributed by atoms with E-state index < -0.39 is 0 Å². The van der Waals surface area contributed by atoms with E-state index in [9.17, 15) is 0 Å². The lowest BCUT2D eigenvalue weighted by atomic mass is 10.1. The van der Waals surface area contributed by atoms with Crippen LogP contribution in [0.2, 0.25) is 5.02 Å². The lowest BCUT2D eigenvalue weighted by Crippen LogP contribution is -2.08. The van der Waals surface area contributed by atoms with Crippen molar-refractivity contribution in [1.29, 1.82) is 0 Å². The number of rotatable bonds is 6. The van der Waals surface area contributed by atoms with Gasteiger partial charge in [0.2, 0.25) is 5.95 Å². The Bertz CT molecular complexity index is 641. The van der Waals surface area contributed by atoms with E-state index in [1.54, 1.807) is 0 Å². The summed E-state index contributed by atoms with van der Waals surface area (Å²) in [5.74, 6) is 2.12. The lowest BCUT2D eigenvalue weighted by Gasteiger charge is -2.12. The molecule has 0 aliphatic heterocycles. The average Bonchev–Trinajstić information content (AvgIpc) is 2.41. The van der Waals surface area contributed by atoms with Crippen molar-refractivity contribution in [1.82, 2.24) is 9.97 Å². The summed E-state index contributed by atoms with van der Waals surface area (Å²) >= 11 is 5.98. The zero-order valence-corrected chi connectivity index (χ0v) is 14.3. The molecule has 0 aliphatic rings. The van der Waals surface area contributed by atoms with Crippen LogP contribution in [-0.4, -0.2) is 16.5 Å². The van der Waals surface area contributed by atoms with Gasteiger partial charge in [0.05, 0.1) is 0 Å². The highest BCUT2D eigenvalue weighted by molar-refractivity contribution is 6.30. The van der Waals surface area contributed by atoms with Crippen LogP contribution < -0.4 is 10.6 Å². The summed E-state index contributed by atoms with van der Waals surface area (Å²) in [6.45, 7) is 9.31. The Morgan fingerprint density at radius 1 is 1.14 bits per heavy atom. The number of hydrogen-bond acceptors (Lipinski definition) is 4. The number of nitrogens with one attached hydrogen (secondary N) is 2. The van der Waals surface area contributed by atoms with Crippen molar-refractivity contribution in [2.45, 2.75) is 34.1 Å². The van der Waals surface area contributed by atoms with Gasteiger partial charge in [0.15, 0.2) is 0 Å². The molecule has 5 heteroatoms. The largest absolute Gasteiger partial charge is 0.370 e. The van der Waals surface area contributed by atoms with Gasteiger partial charge in [-0.3, -0.25) is 0 Å². The molecule has 0 fully saturated rings. The minimum absolute atomic E-state index is 0.595. The van der Waals surface area contributed by atoms with Crippen molar-refractivity contribution >= 4 is 29.1 Å². The van der Waals surface area contributed by atoms with Crippen LogP contribution in [0.3, 0.4) is 0 Å². The van der Waals surface area contributed by atoms with Gasteiger partial charge >= 0.3 is 0 Å². The minimum Gasteiger partial charge on any atom is -0.370 e. The van der Waals surface area contributed by atoms with Crippen LogP contribution in [0.15, 0.2) is 24.3 Å². The molecule has 1 heterocycles. The van der Waals surface area contributed by atoms with E-state index >= 15 is 0 Å². The van der Waals surface area contributed by atoms with Gasteiger partial charge in [-0.2, -0.15) is 4.98 Å². The molecule has 2 rings (SSSR count). The molecule has 0 bridgehead atoms. The third-order valence-corrected chi connectivity index (χ3v) is 3.55. The molecule has 1 aromatic heterocycles. The Balaban J connectivity index is 2.12. The summed E-state index contributed by atoms with van der Waals surface area (Å²) in [6.07, 6.45) is 1.11. The summed E-state index contributed by atoms with van der Waals surface area (Å²) in [5, 5.41) is 7.34. The highest BCUT2D eigenvalue weighted by Crippen LogP contribution is 2.22. The number of aromatic nitrogens is 2. The van der Waals surface area contributed by atoms with E-state index in [2.05, 4.69) is 34.4 Å². The number of aryl methyl sites for hydroxylation is 2. The summed E-state index contributed by atoms with van der Waals surface area (Å²) in [6, 6.07) is 7.67. The maximum atomic E-state index is 5.98. The van der Waals surface area contributed by atoms with Crippen molar-refractivity contribution in [2.24, 2.45) is 5.92 Å². The normalized spacial score (nSPS) is 10.8. The van der Waals surface area contributed by atoms with Gasteiger partial charge in [0.25, 0.3) is 0 Å². The molecule has 118 valence electrons. The summed E-state index contributed by atoms with van der Waals surface area (Å²) < 4.78 is 0. The number of halogens is 1. The Kier molecular flexibility index (Phi) is 5.61. The zero-order valence-electron chi connectivity index (χ0n) is 13.6. The molecule has 0 saturated heterocycles. The molecular weight excluding hydrogens is 296 g/mol. The second kappa shape index (κ2) is 7.45. The highest BCUT2D eigenvalue weighted by atomic mass is 35.5. The molecule has 4 nitrogen and oxygen atoms in total. The Hall–Kier alpha value is -1.81. The molecule has 0 radical (unpaired) electrons. The van der Waals surface area contributed by atoms with Gasteiger partial charge in [-0.25, -0.2) is 4.98 Å². The van der Waals surface area contributed by atoms with Crippen LogP contribution >= 0.6 is 11.6 Å². The van der Waals surface area contributed by atoms with Crippen LogP contribution in [-0.2, 0) is 0 Å². The number of nitrogens with zero attached hydrogens (tertiary/aromatic N) is 2. The molecule has 0 spiro atoms. The van der Waals surface area contributed by atoms with E-state index in [1.807, 2.05) is 38.1 Å². The third kappa shape index (κ3) is 4.88. The molecule has 0 atom stereocenters. The number of benzene rings is 1. The fourth-order valence-corrected chi connectivity index (χ4v) is 2.32. The molecule has 0 amide bonds. The summed E-state index contributed by atoms with van der Waals surface area (Å²) in [5.41, 5.74) is 2.95. The Labute approximate surface area is 137 Å². The first-order chi connectivity index (χ1) is 10.4. The van der Waals surface area contributed by atoms with Gasteiger partial charge in [0, 0.05) is 29.0 Å². The van der Waals surface area contributed by atoms with Gasteiger partial charge in [-0.05, 0) is 49.9 Å². The first-order valence-corrected chi connectivity index (χ1v) is 7.94. The Morgan fingerprint density at radius 3 is 2.59 bits per heavy atom. The standard InChI is InChI=1S/C17H23ClN4/c1-11(2)7-8-19-16-10-13(4)20-17(22-16)21-15-6-5-14(18)9-12(15)3/h5-6,9-11H,7-8H2,1-4H3,(H2,19,20,21,22). The smallest absolute Gasteiger partial charge is 0.229 e. The first-order valence-electron chi connectivity index (χ1n) is 7.57. The van der Waals surface area contributed by atoms with E-state index in [0.29, 0.717) is 11.9 Å². The topological polar surface area (TPSA) is 49.8 Å². The molecule has 2 N–H and O–H groups in total. The fraction of sp³-hybridized carbons (Fsp3) is 0.412. The summed E-state index contributed by atoms with van der Waals surface area (Å²) in [7, 11) is 0. The number of hydrogen-bond donors (Lipinski definition) is 2. The molecular formula is C17H23ClN4. The fourth-order valence-electron chi connectivity index (χ4n) is 2.09. The van der Waals surface area contributed by atoms with E-state index in [0.717, 1.165) is 40.8 Å². The van der Waals surface area contributed by atoms with Crippen molar-refractivity contribution in [3.63, 3.8) is 0 Å². The molecule has 0 saturated carbocycles. The van der Waals surface area contributed by atoms with Gasteiger partial charge < -0.3 is 10.6 Å². The number of anilines is 3. The van der Waals surface area contributed by atoms with Crippen molar-refractivity contribution < 1.29 is 0 Å². The molecule has 2 aromatic rings. The highest BCUT2D eigenvalue weighted by Gasteiger charge is 2.05. The van der Waals surface area contributed by atoms with E-state index in [4.69, 9.17) is 11.6 Å². The zero-order chi connectivity index (χ0) is 16.1. The van der Waals surface area contributed by atoms with Crippen molar-refractivity contribution in [3.05, 3.63) is 40.5 Å². The van der Waals surface area contributed by atoms with Gasteiger partial charge in [-0.15, -0.1) is 0 Å². The van der Waals surface area contributed by atoms with Crippen molar-refractivity contribution in [2.75, 3.05) is 17.2 Å². The maximum absolute atomic E-state index is 5.98. The van der Waals surface area contributed by atoms with Crippen LogP contribution in [0, 0.1) is 19.8 Å². The molecule has 0 aliphatic carbocycles. The average molecular weight is 319 g/mol. The molecule has 0 unspecified atom stereocenters. The van der Waals surface area contributed by atoms with Crippen LogP contribution in [0.4, 0.5) is 17.5 Å². The van der Waals surface area contributed by atoms with E-state index in [-0.39, 0.29) is 0 Å². The van der Waals surface area contributed by atoms with Crippen LogP contribution in [0.1, 0.15) is 31.5 Å². The Morgan fingerprint density at radius 2 is 1.91 bits per heavy atom. The molecule has 1 aromatic carbocycles. The monoisotopic (exact) mass is 318 g/mol.